The van der Waals surface area contributed by atoms with Crippen LogP contribution < -0.4 is 4.74 Å². The van der Waals surface area contributed by atoms with Crippen LogP contribution >= 0.6 is 15.9 Å². The number of fused-ring (bicyclic) bond motifs is 1. The predicted molar refractivity (Wildman–Crippen MR) is 82.1 cm³/mol. The van der Waals surface area contributed by atoms with Crippen molar-refractivity contribution in [1.82, 2.24) is 14.4 Å². The molecule has 5 heteroatoms. The fraction of sp³-hybridized carbons (Fsp3) is 0.200. The molecule has 0 aliphatic carbocycles. The molecule has 0 N–H and O–H groups in total. The number of aromatic nitrogens is 3. The minimum Gasteiger partial charge on any atom is -0.497 e. The lowest BCUT2D eigenvalue weighted by molar-refractivity contribution is 0.415. The van der Waals surface area contributed by atoms with E-state index < -0.39 is 0 Å². The van der Waals surface area contributed by atoms with Crippen LogP contribution in [0.2, 0.25) is 0 Å². The van der Waals surface area contributed by atoms with Gasteiger partial charge >= 0.3 is 0 Å². The van der Waals surface area contributed by atoms with Crippen LogP contribution in [0.4, 0.5) is 0 Å². The van der Waals surface area contributed by atoms with Gasteiger partial charge in [-0.2, -0.15) is 0 Å². The average molecular weight is 332 g/mol. The Morgan fingerprint density at radius 3 is 2.45 bits per heavy atom. The minimum atomic E-state index is 0.717. The number of benzene rings is 1. The number of halogens is 1. The third-order valence-corrected chi connectivity index (χ3v) is 4.49. The molecule has 3 rings (SSSR count). The summed E-state index contributed by atoms with van der Waals surface area (Å²) >= 11 is 3.56. The number of hydrogen-bond acceptors (Lipinski definition) is 3. The van der Waals surface area contributed by atoms with Crippen molar-refractivity contribution < 1.29 is 4.74 Å². The maximum atomic E-state index is 5.17. The van der Waals surface area contributed by atoms with Crippen LogP contribution in [0, 0.1) is 13.8 Å². The van der Waals surface area contributed by atoms with E-state index in [-0.39, 0.29) is 0 Å². The molecule has 0 saturated carbocycles. The number of nitrogens with zero attached hydrogens (tertiary/aromatic N) is 3. The summed E-state index contributed by atoms with van der Waals surface area (Å²) in [5.41, 5.74) is 3.99. The van der Waals surface area contributed by atoms with Crippen molar-refractivity contribution in [2.45, 2.75) is 13.8 Å². The predicted octanol–water partition coefficient (Wildman–Crippen LogP) is 3.78. The van der Waals surface area contributed by atoms with Gasteiger partial charge in [-0.05, 0) is 54.0 Å². The number of ether oxygens (including phenoxy) is 1. The van der Waals surface area contributed by atoms with Crippen molar-refractivity contribution in [2.24, 2.45) is 0 Å². The van der Waals surface area contributed by atoms with E-state index in [9.17, 15) is 0 Å². The third kappa shape index (κ3) is 2.08. The summed E-state index contributed by atoms with van der Waals surface area (Å²) in [6.45, 7) is 4.02. The zero-order valence-electron chi connectivity index (χ0n) is 11.5. The lowest BCUT2D eigenvalue weighted by atomic mass is 10.2. The quantitative estimate of drug-likeness (QED) is 0.717. The van der Waals surface area contributed by atoms with Gasteiger partial charge in [-0.25, -0.2) is 9.97 Å². The van der Waals surface area contributed by atoms with Gasteiger partial charge in [0.1, 0.15) is 5.75 Å². The highest BCUT2D eigenvalue weighted by atomic mass is 79.9. The smallest absolute Gasteiger partial charge is 0.234 e. The van der Waals surface area contributed by atoms with Crippen LogP contribution in [0.15, 0.2) is 34.9 Å². The Bertz CT molecular complexity index is 778. The fourth-order valence-electron chi connectivity index (χ4n) is 2.16. The average Bonchev–Trinajstić information content (AvgIpc) is 2.89. The lowest BCUT2D eigenvalue weighted by Gasteiger charge is -2.04. The normalized spacial score (nSPS) is 11.0. The van der Waals surface area contributed by atoms with Gasteiger partial charge < -0.3 is 4.74 Å². The van der Waals surface area contributed by atoms with Crippen LogP contribution in [0.5, 0.6) is 5.75 Å². The molecule has 0 amide bonds. The molecule has 4 nitrogen and oxygen atoms in total. The molecule has 0 aliphatic heterocycles. The second kappa shape index (κ2) is 4.90. The molecule has 2 heterocycles. The minimum absolute atomic E-state index is 0.717. The van der Waals surface area contributed by atoms with E-state index >= 15 is 0 Å². The number of hydrogen-bond donors (Lipinski definition) is 0. The third-order valence-electron chi connectivity index (χ3n) is 3.34. The first-order chi connectivity index (χ1) is 9.60. The maximum absolute atomic E-state index is 5.17. The van der Waals surface area contributed by atoms with Crippen LogP contribution in [0.25, 0.3) is 17.0 Å². The van der Waals surface area contributed by atoms with Crippen molar-refractivity contribution in [2.75, 3.05) is 7.11 Å². The van der Waals surface area contributed by atoms with Crippen LogP contribution in [-0.4, -0.2) is 21.5 Å². The number of rotatable bonds is 2. The second-order valence-electron chi connectivity index (χ2n) is 4.62. The molecule has 0 bridgehead atoms. The van der Waals surface area contributed by atoms with E-state index in [1.165, 1.54) is 0 Å². The fourth-order valence-corrected chi connectivity index (χ4v) is 2.44. The van der Waals surface area contributed by atoms with Crippen molar-refractivity contribution in [1.29, 1.82) is 0 Å². The van der Waals surface area contributed by atoms with Crippen LogP contribution in [0.1, 0.15) is 11.4 Å². The summed E-state index contributed by atoms with van der Waals surface area (Å²) in [5, 5.41) is 0. The molecule has 1 aromatic carbocycles. The SMILES string of the molecule is COc1ccc(-c2cn3c(C)c(Br)c(C)nc3n2)cc1. The Morgan fingerprint density at radius 1 is 1.10 bits per heavy atom. The molecule has 0 aliphatic rings. The Balaban J connectivity index is 2.15. The van der Waals surface area contributed by atoms with E-state index in [1.807, 2.05) is 48.7 Å². The maximum Gasteiger partial charge on any atom is 0.234 e. The summed E-state index contributed by atoms with van der Waals surface area (Å²) in [5.74, 6) is 1.56. The van der Waals surface area contributed by atoms with Crippen molar-refractivity contribution in [3.63, 3.8) is 0 Å². The van der Waals surface area contributed by atoms with Gasteiger partial charge in [0.15, 0.2) is 0 Å². The van der Waals surface area contributed by atoms with E-state index in [0.29, 0.717) is 5.78 Å². The summed E-state index contributed by atoms with van der Waals surface area (Å²) in [7, 11) is 1.66. The van der Waals surface area contributed by atoms with Gasteiger partial charge in [0, 0.05) is 17.5 Å². The molecule has 2 aromatic heterocycles. The largest absolute Gasteiger partial charge is 0.497 e. The molecule has 0 spiro atoms. The van der Waals surface area contributed by atoms with Crippen LogP contribution in [-0.2, 0) is 0 Å². The molecule has 102 valence electrons. The summed E-state index contributed by atoms with van der Waals surface area (Å²) in [6, 6.07) is 7.86. The lowest BCUT2D eigenvalue weighted by Crippen LogP contribution is -1.97. The Hall–Kier alpha value is -1.88. The van der Waals surface area contributed by atoms with Gasteiger partial charge in [0.05, 0.1) is 23.0 Å². The van der Waals surface area contributed by atoms with Gasteiger partial charge in [-0.1, -0.05) is 0 Å². The van der Waals surface area contributed by atoms with Gasteiger partial charge in [-0.3, -0.25) is 4.40 Å². The van der Waals surface area contributed by atoms with Gasteiger partial charge in [0.25, 0.3) is 0 Å². The second-order valence-corrected chi connectivity index (χ2v) is 5.41. The van der Waals surface area contributed by atoms with Crippen molar-refractivity contribution in [3.05, 3.63) is 46.3 Å². The Kier molecular flexibility index (Phi) is 3.22. The molecular weight excluding hydrogens is 318 g/mol. The number of imidazole rings is 1. The number of aryl methyl sites for hydroxylation is 2. The van der Waals surface area contributed by atoms with E-state index in [0.717, 1.165) is 32.9 Å². The standard InChI is InChI=1S/C15H14BrN3O/c1-9-14(16)10(2)19-8-13(18-15(19)17-9)11-4-6-12(20-3)7-5-11/h4-8H,1-3H3. The molecule has 0 fully saturated rings. The van der Waals surface area contributed by atoms with Crippen molar-refractivity contribution in [3.8, 4) is 17.0 Å². The van der Waals surface area contributed by atoms with Gasteiger partial charge in [-0.15, -0.1) is 0 Å². The van der Waals surface area contributed by atoms with E-state index in [1.54, 1.807) is 7.11 Å². The number of methoxy groups -OCH3 is 1. The van der Waals surface area contributed by atoms with Gasteiger partial charge in [0.2, 0.25) is 5.78 Å². The van der Waals surface area contributed by atoms with Crippen molar-refractivity contribution >= 4 is 21.7 Å². The highest BCUT2D eigenvalue weighted by Gasteiger charge is 2.11. The highest BCUT2D eigenvalue weighted by Crippen LogP contribution is 2.25. The molecule has 0 saturated heterocycles. The van der Waals surface area contributed by atoms with E-state index in [4.69, 9.17) is 4.74 Å². The summed E-state index contributed by atoms with van der Waals surface area (Å²) in [6.07, 6.45) is 2.00. The van der Waals surface area contributed by atoms with Crippen LogP contribution in [0.3, 0.4) is 0 Å². The topological polar surface area (TPSA) is 39.4 Å². The summed E-state index contributed by atoms with van der Waals surface area (Å²) in [4.78, 5) is 9.09. The first kappa shape index (κ1) is 13.1. The summed E-state index contributed by atoms with van der Waals surface area (Å²) < 4.78 is 8.18. The molecule has 0 radical (unpaired) electrons. The zero-order valence-corrected chi connectivity index (χ0v) is 13.1. The molecule has 3 aromatic rings. The highest BCUT2D eigenvalue weighted by molar-refractivity contribution is 9.10. The molecule has 0 atom stereocenters. The van der Waals surface area contributed by atoms with E-state index in [2.05, 4.69) is 25.9 Å². The first-order valence-electron chi connectivity index (χ1n) is 6.26. The zero-order chi connectivity index (χ0) is 14.3. The first-order valence-corrected chi connectivity index (χ1v) is 7.05. The monoisotopic (exact) mass is 331 g/mol. The molecule has 20 heavy (non-hydrogen) atoms. The Morgan fingerprint density at radius 2 is 1.80 bits per heavy atom. The molecular formula is C15H14BrN3O. The molecule has 0 unspecified atom stereocenters. The Labute approximate surface area is 125 Å².